The van der Waals surface area contributed by atoms with Gasteiger partial charge in [-0.25, -0.2) is 4.98 Å². The minimum atomic E-state index is 0.462. The molecule has 1 saturated heterocycles. The van der Waals surface area contributed by atoms with Crippen molar-refractivity contribution in [2.45, 2.75) is 38.3 Å². The standard InChI is InChI=1S/C14H24N4/c1-11(10-12-6-4-8-15-12)17-13-7-5-9-16-14(13)18(2)3/h5,7,9,11-12,15,17H,4,6,8,10H2,1-3H3. The summed E-state index contributed by atoms with van der Waals surface area (Å²) in [5.41, 5.74) is 1.12. The van der Waals surface area contributed by atoms with Crippen LogP contribution in [0.2, 0.25) is 0 Å². The Morgan fingerprint density at radius 2 is 2.39 bits per heavy atom. The molecule has 0 aromatic carbocycles. The molecule has 0 bridgehead atoms. The van der Waals surface area contributed by atoms with E-state index in [0.717, 1.165) is 11.5 Å². The van der Waals surface area contributed by atoms with E-state index in [4.69, 9.17) is 0 Å². The molecular weight excluding hydrogens is 224 g/mol. The maximum absolute atomic E-state index is 4.41. The minimum absolute atomic E-state index is 0.462. The number of hydrogen-bond donors (Lipinski definition) is 2. The summed E-state index contributed by atoms with van der Waals surface area (Å²) in [6.45, 7) is 3.42. The average molecular weight is 248 g/mol. The molecule has 2 atom stereocenters. The molecule has 1 aromatic heterocycles. The van der Waals surface area contributed by atoms with Crippen LogP contribution < -0.4 is 15.5 Å². The normalized spacial score (nSPS) is 20.7. The number of hydrogen-bond acceptors (Lipinski definition) is 4. The van der Waals surface area contributed by atoms with Crippen molar-refractivity contribution in [2.24, 2.45) is 0 Å². The number of anilines is 2. The molecule has 0 amide bonds. The first-order valence-electron chi connectivity index (χ1n) is 6.79. The Bertz CT molecular complexity index is 372. The predicted octanol–water partition coefficient (Wildman–Crippen LogP) is 2.09. The van der Waals surface area contributed by atoms with Crippen molar-refractivity contribution in [3.63, 3.8) is 0 Å². The van der Waals surface area contributed by atoms with E-state index in [-0.39, 0.29) is 0 Å². The van der Waals surface area contributed by atoms with Gasteiger partial charge in [0.15, 0.2) is 5.82 Å². The van der Waals surface area contributed by atoms with E-state index in [1.165, 1.54) is 25.8 Å². The van der Waals surface area contributed by atoms with Crippen LogP contribution in [-0.4, -0.2) is 37.7 Å². The number of nitrogens with one attached hydrogen (secondary N) is 2. The van der Waals surface area contributed by atoms with Crippen molar-refractivity contribution in [2.75, 3.05) is 30.9 Å². The Morgan fingerprint density at radius 1 is 1.56 bits per heavy atom. The van der Waals surface area contributed by atoms with Gasteiger partial charge in [0.1, 0.15) is 0 Å². The molecule has 1 aromatic rings. The minimum Gasteiger partial charge on any atom is -0.380 e. The van der Waals surface area contributed by atoms with Crippen LogP contribution in [0, 0.1) is 0 Å². The third-order valence-electron chi connectivity index (χ3n) is 3.41. The fourth-order valence-electron chi connectivity index (χ4n) is 2.58. The lowest BCUT2D eigenvalue weighted by Gasteiger charge is -2.22. The molecule has 4 nitrogen and oxygen atoms in total. The van der Waals surface area contributed by atoms with Crippen molar-refractivity contribution in [1.82, 2.24) is 10.3 Å². The molecule has 0 aliphatic carbocycles. The Balaban J connectivity index is 1.95. The zero-order valence-corrected chi connectivity index (χ0v) is 11.6. The van der Waals surface area contributed by atoms with Gasteiger partial charge in [-0.3, -0.25) is 0 Å². The second-order valence-electron chi connectivity index (χ2n) is 5.34. The Kier molecular flexibility index (Phi) is 4.42. The van der Waals surface area contributed by atoms with E-state index < -0.39 is 0 Å². The van der Waals surface area contributed by atoms with Crippen LogP contribution in [0.25, 0.3) is 0 Å². The molecular formula is C14H24N4. The van der Waals surface area contributed by atoms with Gasteiger partial charge in [-0.2, -0.15) is 0 Å². The van der Waals surface area contributed by atoms with Gasteiger partial charge < -0.3 is 15.5 Å². The van der Waals surface area contributed by atoms with E-state index in [1.54, 1.807) is 0 Å². The predicted molar refractivity (Wildman–Crippen MR) is 77.3 cm³/mol. The summed E-state index contributed by atoms with van der Waals surface area (Å²) in [6.07, 6.45) is 5.62. The van der Waals surface area contributed by atoms with Crippen LogP contribution in [0.1, 0.15) is 26.2 Å². The summed E-state index contributed by atoms with van der Waals surface area (Å²) >= 11 is 0. The van der Waals surface area contributed by atoms with Crippen molar-refractivity contribution >= 4 is 11.5 Å². The molecule has 2 N–H and O–H groups in total. The fraction of sp³-hybridized carbons (Fsp3) is 0.643. The summed E-state index contributed by atoms with van der Waals surface area (Å²) in [4.78, 5) is 6.46. The van der Waals surface area contributed by atoms with E-state index in [9.17, 15) is 0 Å². The van der Waals surface area contributed by atoms with Gasteiger partial charge in [0, 0.05) is 32.4 Å². The van der Waals surface area contributed by atoms with Crippen molar-refractivity contribution in [3.8, 4) is 0 Å². The maximum atomic E-state index is 4.41. The smallest absolute Gasteiger partial charge is 0.151 e. The largest absolute Gasteiger partial charge is 0.380 e. The number of aromatic nitrogens is 1. The van der Waals surface area contributed by atoms with Gasteiger partial charge in [0.05, 0.1) is 5.69 Å². The Labute approximate surface area is 110 Å². The molecule has 2 heterocycles. The zero-order valence-electron chi connectivity index (χ0n) is 11.6. The number of pyridine rings is 1. The van der Waals surface area contributed by atoms with Crippen molar-refractivity contribution < 1.29 is 0 Å². The monoisotopic (exact) mass is 248 g/mol. The summed E-state index contributed by atoms with van der Waals surface area (Å²) < 4.78 is 0. The molecule has 2 rings (SSSR count). The van der Waals surface area contributed by atoms with Gasteiger partial charge in [-0.1, -0.05) is 0 Å². The van der Waals surface area contributed by atoms with Gasteiger partial charge in [-0.05, 0) is 44.9 Å². The van der Waals surface area contributed by atoms with Gasteiger partial charge in [0.25, 0.3) is 0 Å². The van der Waals surface area contributed by atoms with Crippen LogP contribution in [0.15, 0.2) is 18.3 Å². The molecule has 0 saturated carbocycles. The fourth-order valence-corrected chi connectivity index (χ4v) is 2.58. The Morgan fingerprint density at radius 3 is 3.06 bits per heavy atom. The lowest BCUT2D eigenvalue weighted by atomic mass is 10.1. The van der Waals surface area contributed by atoms with E-state index >= 15 is 0 Å². The summed E-state index contributed by atoms with van der Waals surface area (Å²) in [7, 11) is 4.05. The van der Waals surface area contributed by atoms with Crippen molar-refractivity contribution in [3.05, 3.63) is 18.3 Å². The zero-order chi connectivity index (χ0) is 13.0. The molecule has 1 fully saturated rings. The van der Waals surface area contributed by atoms with Crippen LogP contribution in [0.3, 0.4) is 0 Å². The van der Waals surface area contributed by atoms with E-state index in [2.05, 4.69) is 28.6 Å². The molecule has 4 heteroatoms. The third-order valence-corrected chi connectivity index (χ3v) is 3.41. The lowest BCUT2D eigenvalue weighted by Crippen LogP contribution is -2.29. The van der Waals surface area contributed by atoms with Gasteiger partial charge >= 0.3 is 0 Å². The highest BCUT2D eigenvalue weighted by molar-refractivity contribution is 5.65. The van der Waals surface area contributed by atoms with Crippen LogP contribution >= 0.6 is 0 Å². The Hall–Kier alpha value is -1.29. The first-order chi connectivity index (χ1) is 8.66. The highest BCUT2D eigenvalue weighted by Crippen LogP contribution is 2.22. The quantitative estimate of drug-likeness (QED) is 0.837. The van der Waals surface area contributed by atoms with E-state index in [1.807, 2.05) is 31.3 Å². The highest BCUT2D eigenvalue weighted by atomic mass is 15.2. The average Bonchev–Trinajstić information content (AvgIpc) is 2.82. The molecule has 100 valence electrons. The molecule has 1 aliphatic heterocycles. The van der Waals surface area contributed by atoms with Crippen LogP contribution in [0.4, 0.5) is 11.5 Å². The molecule has 1 aliphatic rings. The first kappa shape index (κ1) is 13.1. The number of nitrogens with zero attached hydrogens (tertiary/aromatic N) is 2. The van der Waals surface area contributed by atoms with Crippen molar-refractivity contribution in [1.29, 1.82) is 0 Å². The molecule has 0 spiro atoms. The first-order valence-corrected chi connectivity index (χ1v) is 6.79. The van der Waals surface area contributed by atoms with Gasteiger partial charge in [-0.15, -0.1) is 0 Å². The summed E-state index contributed by atoms with van der Waals surface area (Å²) in [6, 6.07) is 5.21. The van der Waals surface area contributed by atoms with Crippen LogP contribution in [0.5, 0.6) is 0 Å². The topological polar surface area (TPSA) is 40.2 Å². The molecule has 2 unspecified atom stereocenters. The van der Waals surface area contributed by atoms with E-state index in [0.29, 0.717) is 12.1 Å². The second kappa shape index (κ2) is 6.05. The number of rotatable bonds is 5. The van der Waals surface area contributed by atoms with Crippen LogP contribution in [-0.2, 0) is 0 Å². The molecule has 0 radical (unpaired) electrons. The summed E-state index contributed by atoms with van der Waals surface area (Å²) in [5, 5.41) is 7.12. The summed E-state index contributed by atoms with van der Waals surface area (Å²) in [5.74, 6) is 1.00. The lowest BCUT2D eigenvalue weighted by molar-refractivity contribution is 0.523. The maximum Gasteiger partial charge on any atom is 0.151 e. The highest BCUT2D eigenvalue weighted by Gasteiger charge is 2.17. The SMILES string of the molecule is CC(CC1CCCN1)Nc1cccnc1N(C)C. The molecule has 18 heavy (non-hydrogen) atoms. The van der Waals surface area contributed by atoms with Gasteiger partial charge in [0.2, 0.25) is 0 Å². The third kappa shape index (κ3) is 3.35. The second-order valence-corrected chi connectivity index (χ2v) is 5.34.